The summed E-state index contributed by atoms with van der Waals surface area (Å²) in [7, 11) is 1.54. The van der Waals surface area contributed by atoms with Crippen LogP contribution < -0.4 is 4.74 Å². The fourth-order valence-electron chi connectivity index (χ4n) is 1.55. The van der Waals surface area contributed by atoms with Crippen molar-refractivity contribution in [2.24, 2.45) is 0 Å². The van der Waals surface area contributed by atoms with Crippen LogP contribution in [0.1, 0.15) is 5.69 Å². The Hall–Kier alpha value is -1.49. The van der Waals surface area contributed by atoms with E-state index < -0.39 is 0 Å². The van der Waals surface area contributed by atoms with Crippen LogP contribution in [0.15, 0.2) is 29.0 Å². The van der Waals surface area contributed by atoms with Gasteiger partial charge in [-0.2, -0.15) is 0 Å². The monoisotopic (exact) mass is 296 g/mol. The molecule has 0 aliphatic heterocycles. The lowest BCUT2D eigenvalue weighted by atomic mass is 10.1. The third-order valence-corrected chi connectivity index (χ3v) is 2.62. The molecule has 0 fully saturated rings. The number of halogens is 2. The van der Waals surface area contributed by atoms with Crippen LogP contribution in [0, 0.1) is 12.7 Å². The van der Waals surface area contributed by atoms with E-state index in [1.807, 2.05) is 6.92 Å². The van der Waals surface area contributed by atoms with Gasteiger partial charge in [0.1, 0.15) is 11.6 Å². The molecular weight excluding hydrogens is 287 g/mol. The molecule has 2 rings (SSSR count). The molecule has 17 heavy (non-hydrogen) atoms. The van der Waals surface area contributed by atoms with Crippen LogP contribution in [0.5, 0.6) is 5.75 Å². The summed E-state index contributed by atoms with van der Waals surface area (Å²) in [6.07, 6.45) is 0. The van der Waals surface area contributed by atoms with Gasteiger partial charge in [-0.3, -0.25) is 0 Å². The highest BCUT2D eigenvalue weighted by atomic mass is 79.9. The molecule has 0 atom stereocenters. The lowest BCUT2D eigenvalue weighted by Gasteiger charge is -2.08. The van der Waals surface area contributed by atoms with E-state index in [1.54, 1.807) is 19.2 Å². The van der Waals surface area contributed by atoms with Crippen molar-refractivity contribution in [1.82, 2.24) is 9.97 Å². The van der Waals surface area contributed by atoms with Crippen LogP contribution in [0.4, 0.5) is 4.39 Å². The normalized spacial score (nSPS) is 10.4. The molecule has 88 valence electrons. The molecule has 0 spiro atoms. The number of rotatable bonds is 2. The molecule has 0 saturated carbocycles. The molecule has 0 N–H and O–H groups in total. The summed E-state index contributed by atoms with van der Waals surface area (Å²) in [6, 6.07) is 6.11. The van der Waals surface area contributed by atoms with E-state index in [1.165, 1.54) is 12.1 Å². The van der Waals surface area contributed by atoms with Crippen molar-refractivity contribution in [3.63, 3.8) is 0 Å². The van der Waals surface area contributed by atoms with E-state index in [-0.39, 0.29) is 5.82 Å². The van der Waals surface area contributed by atoms with Gasteiger partial charge in [0.2, 0.25) is 0 Å². The number of nitrogens with zero attached hydrogens (tertiary/aromatic N) is 2. The van der Waals surface area contributed by atoms with E-state index in [0.29, 0.717) is 21.7 Å². The molecule has 3 nitrogen and oxygen atoms in total. The van der Waals surface area contributed by atoms with E-state index in [0.717, 1.165) is 5.69 Å². The molecule has 0 aliphatic carbocycles. The van der Waals surface area contributed by atoms with Crippen LogP contribution in [0.25, 0.3) is 11.3 Å². The van der Waals surface area contributed by atoms with Gasteiger partial charge in [0.05, 0.1) is 12.8 Å². The molecule has 0 radical (unpaired) electrons. The maximum Gasteiger partial charge on any atom is 0.197 e. The Kier molecular flexibility index (Phi) is 3.38. The second-order valence-corrected chi connectivity index (χ2v) is 4.22. The van der Waals surface area contributed by atoms with Crippen LogP contribution in [-0.2, 0) is 0 Å². The Balaban J connectivity index is 2.62. The van der Waals surface area contributed by atoms with Gasteiger partial charge in [-0.1, -0.05) is 0 Å². The highest BCUT2D eigenvalue weighted by molar-refractivity contribution is 9.10. The maximum absolute atomic E-state index is 13.3. The lowest BCUT2D eigenvalue weighted by Crippen LogP contribution is -1.94. The first-order valence-corrected chi connectivity index (χ1v) is 5.74. The molecule has 0 bridgehead atoms. The Morgan fingerprint density at radius 2 is 2.00 bits per heavy atom. The first kappa shape index (κ1) is 12.0. The molecule has 0 aliphatic rings. The minimum atomic E-state index is -0.326. The fraction of sp³-hybridized carbons (Fsp3) is 0.167. The Labute approximate surface area is 107 Å². The summed E-state index contributed by atoms with van der Waals surface area (Å²) in [6.45, 7) is 1.85. The quantitative estimate of drug-likeness (QED) is 0.797. The van der Waals surface area contributed by atoms with Crippen molar-refractivity contribution in [2.45, 2.75) is 6.92 Å². The summed E-state index contributed by atoms with van der Waals surface area (Å²) >= 11 is 3.22. The van der Waals surface area contributed by atoms with Gasteiger partial charge < -0.3 is 4.74 Å². The SMILES string of the molecule is COc1ccc(F)cc1-c1cc(C)nc(Br)n1. The first-order chi connectivity index (χ1) is 8.10. The first-order valence-electron chi connectivity index (χ1n) is 4.95. The molecule has 0 unspecified atom stereocenters. The molecule has 1 heterocycles. The van der Waals surface area contributed by atoms with Gasteiger partial charge in [-0.15, -0.1) is 0 Å². The zero-order valence-electron chi connectivity index (χ0n) is 9.37. The van der Waals surface area contributed by atoms with Crippen LogP contribution >= 0.6 is 15.9 Å². The van der Waals surface area contributed by atoms with Crippen molar-refractivity contribution in [3.8, 4) is 17.0 Å². The minimum absolute atomic E-state index is 0.326. The summed E-state index contributed by atoms with van der Waals surface area (Å²) in [5, 5.41) is 0. The zero-order chi connectivity index (χ0) is 12.4. The fourth-order valence-corrected chi connectivity index (χ4v) is 2.02. The largest absolute Gasteiger partial charge is 0.496 e. The number of hydrogen-bond acceptors (Lipinski definition) is 3. The smallest absolute Gasteiger partial charge is 0.197 e. The Morgan fingerprint density at radius 3 is 2.65 bits per heavy atom. The number of aromatic nitrogens is 2. The van der Waals surface area contributed by atoms with Crippen molar-refractivity contribution in [1.29, 1.82) is 0 Å². The number of ether oxygens (including phenoxy) is 1. The van der Waals surface area contributed by atoms with Crippen molar-refractivity contribution in [2.75, 3.05) is 7.11 Å². The standard InChI is InChI=1S/C12H10BrFN2O/c1-7-5-10(16-12(13)15-7)9-6-8(14)3-4-11(9)17-2/h3-6H,1-2H3. The summed E-state index contributed by atoms with van der Waals surface area (Å²) < 4.78 is 18.9. The van der Waals surface area contributed by atoms with E-state index >= 15 is 0 Å². The third-order valence-electron chi connectivity index (χ3n) is 2.26. The average molecular weight is 297 g/mol. The molecule has 0 amide bonds. The molecule has 0 saturated heterocycles. The average Bonchev–Trinajstić information content (AvgIpc) is 2.27. The molecular formula is C12H10BrFN2O. The van der Waals surface area contributed by atoms with Gasteiger partial charge in [0.15, 0.2) is 4.73 Å². The van der Waals surface area contributed by atoms with Crippen molar-refractivity contribution >= 4 is 15.9 Å². The Morgan fingerprint density at radius 1 is 1.24 bits per heavy atom. The van der Waals surface area contributed by atoms with Gasteiger partial charge in [0.25, 0.3) is 0 Å². The maximum atomic E-state index is 13.3. The highest BCUT2D eigenvalue weighted by Crippen LogP contribution is 2.30. The third kappa shape index (κ3) is 2.61. The predicted molar refractivity (Wildman–Crippen MR) is 66.4 cm³/mol. The second kappa shape index (κ2) is 4.79. The zero-order valence-corrected chi connectivity index (χ0v) is 11.0. The van der Waals surface area contributed by atoms with E-state index in [4.69, 9.17) is 4.74 Å². The summed E-state index contributed by atoms with van der Waals surface area (Å²) in [5.74, 6) is 0.254. The van der Waals surface area contributed by atoms with Gasteiger partial charge >= 0.3 is 0 Å². The van der Waals surface area contributed by atoms with Gasteiger partial charge in [-0.25, -0.2) is 14.4 Å². The summed E-state index contributed by atoms with van der Waals surface area (Å²) in [4.78, 5) is 8.32. The van der Waals surface area contributed by atoms with Crippen LogP contribution in [0.3, 0.4) is 0 Å². The second-order valence-electron chi connectivity index (χ2n) is 3.51. The minimum Gasteiger partial charge on any atom is -0.496 e. The molecule has 1 aromatic heterocycles. The Bertz CT molecular complexity index is 540. The van der Waals surface area contributed by atoms with E-state index in [2.05, 4.69) is 25.9 Å². The highest BCUT2D eigenvalue weighted by Gasteiger charge is 2.10. The number of hydrogen-bond donors (Lipinski definition) is 0. The molecule has 1 aromatic carbocycles. The molecule has 2 aromatic rings. The predicted octanol–water partition coefficient (Wildman–Crippen LogP) is 3.36. The molecule has 5 heteroatoms. The van der Waals surface area contributed by atoms with Gasteiger partial charge in [0, 0.05) is 11.3 Å². The van der Waals surface area contributed by atoms with Crippen molar-refractivity contribution in [3.05, 3.63) is 40.5 Å². The van der Waals surface area contributed by atoms with Crippen LogP contribution in [0.2, 0.25) is 0 Å². The summed E-state index contributed by atoms with van der Waals surface area (Å²) in [5.41, 5.74) is 2.03. The number of methoxy groups -OCH3 is 1. The van der Waals surface area contributed by atoms with E-state index in [9.17, 15) is 4.39 Å². The van der Waals surface area contributed by atoms with Gasteiger partial charge in [-0.05, 0) is 47.1 Å². The number of aryl methyl sites for hydroxylation is 1. The van der Waals surface area contributed by atoms with Crippen molar-refractivity contribution < 1.29 is 9.13 Å². The lowest BCUT2D eigenvalue weighted by molar-refractivity contribution is 0.415. The number of benzene rings is 1. The van der Waals surface area contributed by atoms with Crippen LogP contribution in [-0.4, -0.2) is 17.1 Å². The topological polar surface area (TPSA) is 35.0 Å².